The summed E-state index contributed by atoms with van der Waals surface area (Å²) in [5.41, 5.74) is 2.43. The van der Waals surface area contributed by atoms with E-state index in [0.29, 0.717) is 6.54 Å². The number of hydrogen-bond donors (Lipinski definition) is 1. The van der Waals surface area contributed by atoms with E-state index >= 15 is 0 Å². The Hall–Kier alpha value is -0.830. The van der Waals surface area contributed by atoms with Crippen molar-refractivity contribution >= 4 is 20.7 Å². The molecule has 2 nitrogen and oxygen atoms in total. The van der Waals surface area contributed by atoms with E-state index in [1.807, 2.05) is 12.1 Å². The van der Waals surface area contributed by atoms with Crippen molar-refractivity contribution in [1.82, 2.24) is 5.32 Å². The van der Waals surface area contributed by atoms with Crippen molar-refractivity contribution < 1.29 is 4.79 Å². The van der Waals surface area contributed by atoms with Crippen molar-refractivity contribution in [2.24, 2.45) is 0 Å². The zero-order valence-corrected chi connectivity index (χ0v) is 9.10. The minimum Gasteiger partial charge on any atom is -0.343 e. The third-order valence-corrected chi connectivity index (χ3v) is 2.14. The molecule has 3 heteroatoms. The molecule has 0 atom stereocenters. The SMILES string of the molecule is CCc1ccc(CNC(=O)Br)cc1. The normalized spacial score (nSPS) is 9.69. The largest absolute Gasteiger partial charge is 0.343 e. The number of carbonyl (C=O) groups is 1. The smallest absolute Gasteiger partial charge is 0.287 e. The average Bonchev–Trinajstić information content (AvgIpc) is 2.15. The van der Waals surface area contributed by atoms with Crippen LogP contribution >= 0.6 is 15.9 Å². The Kier molecular flexibility index (Phi) is 3.96. The van der Waals surface area contributed by atoms with E-state index in [0.717, 1.165) is 12.0 Å². The van der Waals surface area contributed by atoms with Gasteiger partial charge in [0.1, 0.15) is 0 Å². The molecule has 0 spiro atoms. The summed E-state index contributed by atoms with van der Waals surface area (Å²) >= 11 is 2.81. The first kappa shape index (κ1) is 10.3. The van der Waals surface area contributed by atoms with Crippen LogP contribution in [0.4, 0.5) is 4.79 Å². The van der Waals surface area contributed by atoms with Gasteiger partial charge in [0.2, 0.25) is 0 Å². The highest BCUT2D eigenvalue weighted by Gasteiger charge is 1.95. The summed E-state index contributed by atoms with van der Waals surface area (Å²) in [6.45, 7) is 2.70. The quantitative estimate of drug-likeness (QED) is 0.640. The molecule has 0 aliphatic rings. The van der Waals surface area contributed by atoms with Gasteiger partial charge in [0.15, 0.2) is 0 Å². The van der Waals surface area contributed by atoms with E-state index in [1.165, 1.54) is 5.56 Å². The van der Waals surface area contributed by atoms with E-state index in [2.05, 4.69) is 40.3 Å². The van der Waals surface area contributed by atoms with E-state index in [9.17, 15) is 4.79 Å². The van der Waals surface area contributed by atoms with Crippen LogP contribution in [0.2, 0.25) is 0 Å². The lowest BCUT2D eigenvalue weighted by atomic mass is 10.1. The second kappa shape index (κ2) is 5.02. The van der Waals surface area contributed by atoms with Crippen LogP contribution in [0.5, 0.6) is 0 Å². The van der Waals surface area contributed by atoms with E-state index in [4.69, 9.17) is 0 Å². The van der Waals surface area contributed by atoms with Gasteiger partial charge in [-0.2, -0.15) is 0 Å². The average molecular weight is 242 g/mol. The van der Waals surface area contributed by atoms with Gasteiger partial charge in [0.25, 0.3) is 4.82 Å². The molecular formula is C10H12BrNO. The molecule has 1 aromatic carbocycles. The second-order valence-electron chi connectivity index (χ2n) is 2.80. The fourth-order valence-electron chi connectivity index (χ4n) is 1.06. The Labute approximate surface area is 86.5 Å². The van der Waals surface area contributed by atoms with Crippen LogP contribution in [0, 0.1) is 0 Å². The Bertz CT molecular complexity index is 281. The third-order valence-electron chi connectivity index (χ3n) is 1.86. The molecule has 1 aromatic rings. The van der Waals surface area contributed by atoms with Crippen molar-refractivity contribution in [3.8, 4) is 0 Å². The fourth-order valence-corrected chi connectivity index (χ4v) is 1.20. The summed E-state index contributed by atoms with van der Waals surface area (Å²) in [7, 11) is 0. The maximum atomic E-state index is 10.5. The Morgan fingerprint density at radius 1 is 1.31 bits per heavy atom. The number of hydrogen-bond acceptors (Lipinski definition) is 1. The molecule has 0 aromatic heterocycles. The van der Waals surface area contributed by atoms with Gasteiger partial charge in [0.05, 0.1) is 0 Å². The van der Waals surface area contributed by atoms with Crippen molar-refractivity contribution in [3.05, 3.63) is 35.4 Å². The lowest BCUT2D eigenvalue weighted by Crippen LogP contribution is -2.14. The Morgan fingerprint density at radius 3 is 2.31 bits per heavy atom. The summed E-state index contributed by atoms with van der Waals surface area (Å²) in [4.78, 5) is 10.4. The van der Waals surface area contributed by atoms with Crippen LogP contribution in [0.15, 0.2) is 24.3 Å². The van der Waals surface area contributed by atoms with Crippen LogP contribution in [0.1, 0.15) is 18.1 Å². The Balaban J connectivity index is 2.54. The van der Waals surface area contributed by atoms with Crippen molar-refractivity contribution in [2.75, 3.05) is 0 Å². The summed E-state index contributed by atoms with van der Waals surface area (Å²) in [5.74, 6) is 0. The van der Waals surface area contributed by atoms with Gasteiger partial charge in [-0.15, -0.1) is 0 Å². The van der Waals surface area contributed by atoms with E-state index in [-0.39, 0.29) is 4.82 Å². The number of aryl methyl sites for hydroxylation is 1. The molecule has 0 aliphatic heterocycles. The first-order valence-electron chi connectivity index (χ1n) is 4.23. The summed E-state index contributed by atoms with van der Waals surface area (Å²) < 4.78 is 0. The highest BCUT2D eigenvalue weighted by atomic mass is 79.9. The van der Waals surface area contributed by atoms with Gasteiger partial charge in [-0.3, -0.25) is 4.79 Å². The first-order chi connectivity index (χ1) is 6.22. The van der Waals surface area contributed by atoms with E-state index in [1.54, 1.807) is 0 Å². The maximum absolute atomic E-state index is 10.5. The van der Waals surface area contributed by atoms with Crippen LogP contribution < -0.4 is 5.32 Å². The lowest BCUT2D eigenvalue weighted by molar-refractivity contribution is 0.261. The molecule has 0 bridgehead atoms. The van der Waals surface area contributed by atoms with Crippen molar-refractivity contribution in [2.45, 2.75) is 19.9 Å². The zero-order valence-electron chi connectivity index (χ0n) is 7.51. The molecule has 0 heterocycles. The molecule has 0 saturated carbocycles. The molecule has 0 aliphatic carbocycles. The number of carbonyl (C=O) groups excluding carboxylic acids is 1. The molecule has 0 fully saturated rings. The number of benzene rings is 1. The molecular weight excluding hydrogens is 230 g/mol. The zero-order chi connectivity index (χ0) is 9.68. The second-order valence-corrected chi connectivity index (χ2v) is 3.52. The molecule has 1 N–H and O–H groups in total. The van der Waals surface area contributed by atoms with Gasteiger partial charge in [-0.25, -0.2) is 0 Å². The van der Waals surface area contributed by atoms with Crippen molar-refractivity contribution in [1.29, 1.82) is 0 Å². The molecule has 0 unspecified atom stereocenters. The topological polar surface area (TPSA) is 29.1 Å². The maximum Gasteiger partial charge on any atom is 0.287 e. The number of nitrogens with one attached hydrogen (secondary N) is 1. The first-order valence-corrected chi connectivity index (χ1v) is 5.03. The number of halogens is 1. The molecule has 1 rings (SSSR count). The highest BCUT2D eigenvalue weighted by Crippen LogP contribution is 2.04. The van der Waals surface area contributed by atoms with Gasteiger partial charge >= 0.3 is 0 Å². The standard InChI is InChI=1S/C10H12BrNO/c1-2-8-3-5-9(6-4-8)7-12-10(11)13/h3-6H,2,7H2,1H3,(H,12,13). The predicted molar refractivity (Wildman–Crippen MR) is 57.0 cm³/mol. The predicted octanol–water partition coefficient (Wildman–Crippen LogP) is 2.85. The minimum atomic E-state index is -0.174. The van der Waals surface area contributed by atoms with Gasteiger partial charge < -0.3 is 5.32 Å². The number of rotatable bonds is 3. The van der Waals surface area contributed by atoms with Crippen LogP contribution in [-0.2, 0) is 13.0 Å². The van der Waals surface area contributed by atoms with Crippen LogP contribution in [0.3, 0.4) is 0 Å². The number of amides is 1. The Morgan fingerprint density at radius 2 is 1.85 bits per heavy atom. The van der Waals surface area contributed by atoms with Gasteiger partial charge in [0, 0.05) is 22.5 Å². The minimum absolute atomic E-state index is 0.174. The van der Waals surface area contributed by atoms with Crippen LogP contribution in [0.25, 0.3) is 0 Å². The monoisotopic (exact) mass is 241 g/mol. The molecule has 0 radical (unpaired) electrons. The van der Waals surface area contributed by atoms with Crippen molar-refractivity contribution in [3.63, 3.8) is 0 Å². The summed E-state index contributed by atoms with van der Waals surface area (Å²) in [6, 6.07) is 8.22. The molecule has 0 saturated heterocycles. The van der Waals surface area contributed by atoms with E-state index < -0.39 is 0 Å². The van der Waals surface area contributed by atoms with Gasteiger partial charge in [-0.1, -0.05) is 31.2 Å². The molecule has 1 amide bonds. The third kappa shape index (κ3) is 3.59. The summed E-state index contributed by atoms with van der Waals surface area (Å²) in [5, 5.41) is 2.68. The lowest BCUT2D eigenvalue weighted by Gasteiger charge is -2.02. The molecule has 13 heavy (non-hydrogen) atoms. The summed E-state index contributed by atoms with van der Waals surface area (Å²) in [6.07, 6.45) is 1.05. The highest BCUT2D eigenvalue weighted by molar-refractivity contribution is 9.18. The van der Waals surface area contributed by atoms with Gasteiger partial charge in [-0.05, 0) is 17.5 Å². The van der Waals surface area contributed by atoms with Crippen LogP contribution in [-0.4, -0.2) is 4.82 Å². The molecule has 70 valence electrons. The fraction of sp³-hybridized carbons (Fsp3) is 0.300.